The van der Waals surface area contributed by atoms with E-state index >= 15 is 0 Å². The monoisotopic (exact) mass is 582 g/mol. The molecule has 2 aromatic rings. The first-order valence-electron chi connectivity index (χ1n) is 12.1. The molecule has 3 unspecified atom stereocenters. The summed E-state index contributed by atoms with van der Waals surface area (Å²) in [6, 6.07) is 23.3. The fourth-order valence-electron chi connectivity index (χ4n) is 6.32. The molecule has 1 fully saturated rings. The van der Waals surface area contributed by atoms with Crippen LogP contribution in [0.1, 0.15) is 47.0 Å². The largest absolute Gasteiger partial charge is 1.00 e. The van der Waals surface area contributed by atoms with Crippen LogP contribution < -0.4 is 35.2 Å². The van der Waals surface area contributed by atoms with Gasteiger partial charge in [0.25, 0.3) is 0 Å². The van der Waals surface area contributed by atoms with E-state index in [-0.39, 0.29) is 27.9 Å². The van der Waals surface area contributed by atoms with Gasteiger partial charge in [-0.05, 0) is 0 Å². The van der Waals surface area contributed by atoms with E-state index in [1.807, 2.05) is 5.57 Å². The molecule has 0 radical (unpaired) electrons. The molecule has 0 nitrogen and oxygen atoms in total. The fraction of sp³-hybridized carbons (Fsp3) is 0.333. The molecule has 0 N–H and O–H groups in total. The summed E-state index contributed by atoms with van der Waals surface area (Å²) < 4.78 is 1.13. The van der Waals surface area contributed by atoms with Crippen molar-refractivity contribution in [3.8, 4) is 0 Å². The van der Waals surface area contributed by atoms with E-state index in [1.54, 1.807) is 21.5 Å². The van der Waals surface area contributed by atoms with E-state index in [0.717, 1.165) is 9.54 Å². The average molecular weight is 585 g/mol. The van der Waals surface area contributed by atoms with Crippen molar-refractivity contribution in [3.05, 3.63) is 107 Å². The average Bonchev–Trinajstić information content (AvgIpc) is 3.33. The molecule has 0 bridgehead atoms. The van der Waals surface area contributed by atoms with Crippen molar-refractivity contribution < 1.29 is 45.2 Å². The van der Waals surface area contributed by atoms with Crippen molar-refractivity contribution in [1.29, 1.82) is 0 Å². The Hall–Kier alpha value is -0.920. The quantitative estimate of drug-likeness (QED) is 0.471. The SMILES string of the molecule is CC1=C[C](C)([Zr+2]([CH]2CCC3CC=CC=C32)=[Si](c2ccccc2)c2ccccc2)C(C)=C1C.[Cl-].[Cl-]. The van der Waals surface area contributed by atoms with Crippen LogP contribution in [0, 0.1) is 5.92 Å². The third-order valence-corrected chi connectivity index (χ3v) is 31.3. The molecular weight excluding hydrogens is 551 g/mol. The van der Waals surface area contributed by atoms with Crippen LogP contribution in [-0.4, -0.2) is 5.43 Å². The van der Waals surface area contributed by atoms with Gasteiger partial charge < -0.3 is 24.8 Å². The predicted octanol–water partition coefficient (Wildman–Crippen LogP) is 0.978. The van der Waals surface area contributed by atoms with E-state index in [9.17, 15) is 0 Å². The van der Waals surface area contributed by atoms with E-state index < -0.39 is 25.8 Å². The van der Waals surface area contributed by atoms with Gasteiger partial charge >= 0.3 is 203 Å². The Labute approximate surface area is 226 Å². The normalized spacial score (nSPS) is 24.8. The summed E-state index contributed by atoms with van der Waals surface area (Å²) in [5.41, 5.74) is 5.74. The van der Waals surface area contributed by atoms with Gasteiger partial charge in [-0.2, -0.15) is 0 Å². The fourth-order valence-corrected chi connectivity index (χ4v) is 32.9. The van der Waals surface area contributed by atoms with Gasteiger partial charge in [-0.1, -0.05) is 0 Å². The van der Waals surface area contributed by atoms with E-state index in [1.165, 1.54) is 24.8 Å². The topological polar surface area (TPSA) is 0 Å². The zero-order valence-electron chi connectivity index (χ0n) is 20.6. The van der Waals surface area contributed by atoms with Crippen LogP contribution in [0.3, 0.4) is 0 Å². The molecule has 4 heteroatoms. The molecule has 1 saturated carbocycles. The van der Waals surface area contributed by atoms with Crippen molar-refractivity contribution >= 4 is 15.8 Å². The van der Waals surface area contributed by atoms with Gasteiger partial charge in [0.05, 0.1) is 0 Å². The van der Waals surface area contributed by atoms with Crippen LogP contribution in [0.4, 0.5) is 0 Å². The summed E-state index contributed by atoms with van der Waals surface area (Å²) in [5, 5.41) is 3.27. The van der Waals surface area contributed by atoms with Gasteiger partial charge in [-0.15, -0.1) is 0 Å². The van der Waals surface area contributed by atoms with Crippen molar-refractivity contribution in [2.75, 3.05) is 0 Å². The third-order valence-electron chi connectivity index (χ3n) is 8.26. The van der Waals surface area contributed by atoms with Crippen LogP contribution >= 0.6 is 0 Å². The molecule has 0 saturated heterocycles. The van der Waals surface area contributed by atoms with Gasteiger partial charge in [-0.3, -0.25) is 0 Å². The second-order valence-corrected chi connectivity index (χ2v) is 25.0. The minimum absolute atomic E-state index is 0. The maximum Gasteiger partial charge on any atom is -1.00 e. The number of halogens is 2. The van der Waals surface area contributed by atoms with Crippen LogP contribution in [0.2, 0.25) is 6.75 Å². The maximum absolute atomic E-state index is 2.72. The summed E-state index contributed by atoms with van der Waals surface area (Å²) in [7, 11) is 0. The Balaban J connectivity index is 0.00000162. The summed E-state index contributed by atoms with van der Waals surface area (Å²) in [4.78, 5) is 0. The zero-order chi connectivity index (χ0) is 22.3. The number of hydrogen-bond acceptors (Lipinski definition) is 0. The molecule has 0 spiro atoms. The van der Waals surface area contributed by atoms with Crippen molar-refractivity contribution in [3.63, 3.8) is 0 Å². The minimum atomic E-state index is -2.21. The second kappa shape index (κ2) is 11.4. The van der Waals surface area contributed by atoms with E-state index in [4.69, 9.17) is 0 Å². The Kier molecular flexibility index (Phi) is 9.30. The van der Waals surface area contributed by atoms with E-state index in [2.05, 4.69) is 113 Å². The number of rotatable bonds is 4. The van der Waals surface area contributed by atoms with Crippen molar-refractivity contribution in [2.45, 2.75) is 53.7 Å². The molecule has 0 aromatic heterocycles. The molecule has 0 aliphatic heterocycles. The van der Waals surface area contributed by atoms with Crippen molar-refractivity contribution in [1.82, 2.24) is 0 Å². The third kappa shape index (κ3) is 4.86. The predicted molar refractivity (Wildman–Crippen MR) is 137 cm³/mol. The number of fused-ring (bicyclic) bond motifs is 1. The van der Waals surface area contributed by atoms with Gasteiger partial charge in [0.15, 0.2) is 0 Å². The summed E-state index contributed by atoms with van der Waals surface area (Å²) >= 11 is -2.21. The summed E-state index contributed by atoms with van der Waals surface area (Å²) in [6.45, 7) is 9.81. The molecular formula is C30H34Cl2SiZr. The number of allylic oxidation sites excluding steroid dienone is 8. The Bertz CT molecular complexity index is 1150. The summed E-state index contributed by atoms with van der Waals surface area (Å²) in [5.74, 6) is 0.802. The molecule has 0 heterocycles. The molecule has 34 heavy (non-hydrogen) atoms. The Morgan fingerprint density at radius 3 is 1.97 bits per heavy atom. The van der Waals surface area contributed by atoms with Crippen molar-refractivity contribution in [2.24, 2.45) is 5.92 Å². The Morgan fingerprint density at radius 1 is 0.853 bits per heavy atom. The first-order chi connectivity index (χ1) is 15.5. The van der Waals surface area contributed by atoms with Gasteiger partial charge in [0.2, 0.25) is 0 Å². The summed E-state index contributed by atoms with van der Waals surface area (Å²) in [6.07, 6.45) is 14.1. The molecule has 3 atom stereocenters. The standard InChI is InChI=1S/C12H10Si.C9H11.C9H13.2ClH.Zr/c1-3-7-11(8-4-1)13-12-9-5-2-6-10-12;1-2-5-9-7-3-6-8(9)4-1;1-6-5-7(2)9(4)8(6)3;;;/h1-10H;1-2,4,6,9H,3,5,7H2;5H,1-4H3;2*1H;/q;;;;;+2/p-2. The van der Waals surface area contributed by atoms with Gasteiger partial charge in [-0.25, -0.2) is 0 Å². The number of benzene rings is 2. The smallest absolute Gasteiger partial charge is 1.00 e. The maximum atomic E-state index is 2.72. The molecule has 0 amide bonds. The Morgan fingerprint density at radius 2 is 1.44 bits per heavy atom. The molecule has 3 aliphatic carbocycles. The molecule has 3 aliphatic rings. The first-order valence-corrected chi connectivity index (χ1v) is 19.9. The van der Waals surface area contributed by atoms with Crippen LogP contribution in [0.15, 0.2) is 107 Å². The number of hydrogen-bond donors (Lipinski definition) is 0. The van der Waals surface area contributed by atoms with E-state index in [0.29, 0.717) is 0 Å². The van der Waals surface area contributed by atoms with Crippen LogP contribution in [-0.2, 0) is 20.4 Å². The van der Waals surface area contributed by atoms with Gasteiger partial charge in [0, 0.05) is 0 Å². The molecule has 5 rings (SSSR count). The van der Waals surface area contributed by atoms with Crippen LogP contribution in [0.25, 0.3) is 0 Å². The first kappa shape index (κ1) is 27.7. The minimum Gasteiger partial charge on any atom is -1.00 e. The van der Waals surface area contributed by atoms with Gasteiger partial charge in [0.1, 0.15) is 0 Å². The zero-order valence-corrected chi connectivity index (χ0v) is 25.6. The molecule has 176 valence electrons. The van der Waals surface area contributed by atoms with Crippen LogP contribution in [0.5, 0.6) is 0 Å². The molecule has 2 aromatic carbocycles. The second-order valence-electron chi connectivity index (χ2n) is 9.96.